The van der Waals surface area contributed by atoms with E-state index in [1.807, 2.05) is 13.8 Å². The predicted molar refractivity (Wildman–Crippen MR) is 61.1 cm³/mol. The van der Waals surface area contributed by atoms with Crippen LogP contribution >= 0.6 is 0 Å². The summed E-state index contributed by atoms with van der Waals surface area (Å²) in [7, 11) is 0. The molecule has 1 fully saturated rings. The summed E-state index contributed by atoms with van der Waals surface area (Å²) in [5.74, 6) is 0. The molecule has 0 aromatic rings. The monoisotopic (exact) mass is 185 g/mol. The van der Waals surface area contributed by atoms with E-state index in [9.17, 15) is 0 Å². The second kappa shape index (κ2) is 6.42. The molecule has 0 atom stereocenters. The van der Waals surface area contributed by atoms with Crippen LogP contribution in [0.2, 0.25) is 0 Å². The van der Waals surface area contributed by atoms with Crippen molar-refractivity contribution in [1.82, 2.24) is 5.32 Å². The van der Waals surface area contributed by atoms with Crippen molar-refractivity contribution in [2.24, 2.45) is 5.41 Å². The van der Waals surface area contributed by atoms with Crippen molar-refractivity contribution in [2.75, 3.05) is 6.54 Å². The molecule has 0 aromatic heterocycles. The minimum absolute atomic E-state index is 0.615. The molecule has 0 bridgehead atoms. The van der Waals surface area contributed by atoms with Crippen molar-refractivity contribution >= 4 is 0 Å². The van der Waals surface area contributed by atoms with Crippen molar-refractivity contribution in [3.8, 4) is 0 Å². The molecule has 1 aliphatic rings. The normalized spacial score (nSPS) is 19.8. The zero-order valence-corrected chi connectivity index (χ0v) is 10.1. The first-order chi connectivity index (χ1) is 6.12. The Morgan fingerprint density at radius 3 is 2.00 bits per heavy atom. The van der Waals surface area contributed by atoms with E-state index < -0.39 is 0 Å². The maximum Gasteiger partial charge on any atom is 0.00106 e. The van der Waals surface area contributed by atoms with Crippen LogP contribution in [0.3, 0.4) is 0 Å². The molecular formula is C12H27N. The van der Waals surface area contributed by atoms with Gasteiger partial charge in [0.05, 0.1) is 0 Å². The highest BCUT2D eigenvalue weighted by atomic mass is 14.9. The predicted octanol–water partition coefficient (Wildman–Crippen LogP) is 3.59. The van der Waals surface area contributed by atoms with Crippen LogP contribution in [0.1, 0.15) is 60.3 Å². The fourth-order valence-electron chi connectivity index (χ4n) is 1.86. The minimum Gasteiger partial charge on any atom is -0.314 e. The average Bonchev–Trinajstić information content (AvgIpc) is 2.54. The van der Waals surface area contributed by atoms with Crippen LogP contribution in [0.15, 0.2) is 0 Å². The van der Waals surface area contributed by atoms with E-state index in [4.69, 9.17) is 0 Å². The van der Waals surface area contributed by atoms with Gasteiger partial charge in [0, 0.05) is 12.6 Å². The van der Waals surface area contributed by atoms with Crippen molar-refractivity contribution in [2.45, 2.75) is 66.3 Å². The fourth-order valence-corrected chi connectivity index (χ4v) is 1.86. The van der Waals surface area contributed by atoms with E-state index in [2.05, 4.69) is 26.1 Å². The van der Waals surface area contributed by atoms with Crippen LogP contribution in [0.4, 0.5) is 0 Å². The maximum atomic E-state index is 3.53. The van der Waals surface area contributed by atoms with Gasteiger partial charge in [0.15, 0.2) is 0 Å². The highest BCUT2D eigenvalue weighted by Crippen LogP contribution is 2.36. The van der Waals surface area contributed by atoms with Crippen LogP contribution < -0.4 is 5.32 Å². The minimum atomic E-state index is 0.615. The third-order valence-electron chi connectivity index (χ3n) is 2.75. The van der Waals surface area contributed by atoms with E-state index in [1.165, 1.54) is 32.2 Å². The Morgan fingerprint density at radius 2 is 1.62 bits per heavy atom. The summed E-state index contributed by atoms with van der Waals surface area (Å²) in [6, 6.07) is 0.646. The summed E-state index contributed by atoms with van der Waals surface area (Å²) in [5, 5.41) is 3.53. The molecule has 0 aromatic carbocycles. The Morgan fingerprint density at radius 1 is 1.15 bits per heavy atom. The van der Waals surface area contributed by atoms with Crippen molar-refractivity contribution in [3.63, 3.8) is 0 Å². The number of nitrogens with one attached hydrogen (secondary N) is 1. The molecular weight excluding hydrogens is 158 g/mol. The zero-order chi connectivity index (χ0) is 10.3. The molecule has 0 heterocycles. The van der Waals surface area contributed by atoms with Gasteiger partial charge in [-0.1, -0.05) is 47.5 Å². The molecule has 1 N–H and O–H groups in total. The van der Waals surface area contributed by atoms with E-state index in [0.29, 0.717) is 11.5 Å². The Labute approximate surface area is 84.3 Å². The van der Waals surface area contributed by atoms with Crippen molar-refractivity contribution in [1.29, 1.82) is 0 Å². The van der Waals surface area contributed by atoms with E-state index >= 15 is 0 Å². The quantitative estimate of drug-likeness (QED) is 0.708. The molecule has 0 saturated heterocycles. The molecule has 13 heavy (non-hydrogen) atoms. The molecule has 0 amide bonds. The Bertz CT molecular complexity index is 112. The van der Waals surface area contributed by atoms with Gasteiger partial charge in [-0.3, -0.25) is 0 Å². The van der Waals surface area contributed by atoms with Crippen LogP contribution in [-0.2, 0) is 0 Å². The summed E-state index contributed by atoms with van der Waals surface area (Å²) >= 11 is 0. The Balaban J connectivity index is 0.000000671. The third-order valence-corrected chi connectivity index (χ3v) is 2.75. The van der Waals surface area contributed by atoms with Gasteiger partial charge in [-0.15, -0.1) is 0 Å². The zero-order valence-electron chi connectivity index (χ0n) is 10.1. The highest BCUT2D eigenvalue weighted by Gasteiger charge is 2.27. The number of hydrogen-bond acceptors (Lipinski definition) is 1. The lowest BCUT2D eigenvalue weighted by Crippen LogP contribution is -2.33. The van der Waals surface area contributed by atoms with Gasteiger partial charge in [-0.2, -0.15) is 0 Å². The largest absolute Gasteiger partial charge is 0.314 e. The average molecular weight is 185 g/mol. The smallest absolute Gasteiger partial charge is 0.00106 e. The fraction of sp³-hybridized carbons (Fsp3) is 1.00. The Hall–Kier alpha value is -0.0400. The molecule has 1 rings (SSSR count). The molecule has 1 saturated carbocycles. The molecule has 0 aliphatic heterocycles. The lowest BCUT2D eigenvalue weighted by molar-refractivity contribution is 0.304. The first-order valence-corrected chi connectivity index (χ1v) is 5.86. The molecule has 0 radical (unpaired) electrons. The van der Waals surface area contributed by atoms with Gasteiger partial charge in [0.2, 0.25) is 0 Å². The summed E-state index contributed by atoms with van der Waals surface area (Å²) < 4.78 is 0. The van der Waals surface area contributed by atoms with Crippen LogP contribution in [-0.4, -0.2) is 12.6 Å². The van der Waals surface area contributed by atoms with Crippen LogP contribution in [0.25, 0.3) is 0 Å². The van der Waals surface area contributed by atoms with Crippen molar-refractivity contribution in [3.05, 3.63) is 0 Å². The van der Waals surface area contributed by atoms with Crippen LogP contribution in [0.5, 0.6) is 0 Å². The maximum absolute atomic E-state index is 3.53. The molecule has 0 unspecified atom stereocenters. The molecule has 1 aliphatic carbocycles. The molecule has 1 heteroatoms. The summed E-state index contributed by atoms with van der Waals surface area (Å²) in [4.78, 5) is 0. The standard InChI is InChI=1S/C10H21N.C2H6/c1-9(2)11-8-10(3)6-4-5-7-10;1-2/h9,11H,4-8H2,1-3H3;1-2H3. The van der Waals surface area contributed by atoms with E-state index in [0.717, 1.165) is 0 Å². The van der Waals surface area contributed by atoms with Gasteiger partial charge < -0.3 is 5.32 Å². The second-order valence-electron chi connectivity index (χ2n) is 4.55. The first kappa shape index (κ1) is 13.0. The van der Waals surface area contributed by atoms with Crippen molar-refractivity contribution < 1.29 is 0 Å². The lowest BCUT2D eigenvalue weighted by atomic mass is 9.89. The summed E-state index contributed by atoms with van der Waals surface area (Å²) in [6.45, 7) is 12.1. The van der Waals surface area contributed by atoms with Gasteiger partial charge in [0.1, 0.15) is 0 Å². The highest BCUT2D eigenvalue weighted by molar-refractivity contribution is 4.82. The van der Waals surface area contributed by atoms with E-state index in [-0.39, 0.29) is 0 Å². The number of hydrogen-bond donors (Lipinski definition) is 1. The first-order valence-electron chi connectivity index (χ1n) is 5.86. The third kappa shape index (κ3) is 5.30. The molecule has 0 spiro atoms. The topological polar surface area (TPSA) is 12.0 Å². The SMILES string of the molecule is CC.CC(C)NCC1(C)CCCC1. The summed E-state index contributed by atoms with van der Waals surface area (Å²) in [6.07, 6.45) is 5.73. The van der Waals surface area contributed by atoms with Crippen LogP contribution in [0, 0.1) is 5.41 Å². The molecule has 80 valence electrons. The molecule has 1 nitrogen and oxygen atoms in total. The number of rotatable bonds is 3. The van der Waals surface area contributed by atoms with Gasteiger partial charge in [-0.05, 0) is 18.3 Å². The second-order valence-corrected chi connectivity index (χ2v) is 4.55. The Kier molecular flexibility index (Phi) is 6.40. The summed E-state index contributed by atoms with van der Waals surface area (Å²) in [5.41, 5.74) is 0.615. The van der Waals surface area contributed by atoms with E-state index in [1.54, 1.807) is 0 Å². The van der Waals surface area contributed by atoms with Gasteiger partial charge >= 0.3 is 0 Å². The van der Waals surface area contributed by atoms with Gasteiger partial charge in [-0.25, -0.2) is 0 Å². The van der Waals surface area contributed by atoms with Gasteiger partial charge in [0.25, 0.3) is 0 Å². The lowest BCUT2D eigenvalue weighted by Gasteiger charge is -2.25.